The molecule has 1 amide bonds. The third kappa shape index (κ3) is 4.16. The van der Waals surface area contributed by atoms with Crippen molar-refractivity contribution >= 4 is 34.8 Å². The van der Waals surface area contributed by atoms with Crippen molar-refractivity contribution in [1.82, 2.24) is 0 Å². The van der Waals surface area contributed by atoms with E-state index in [1.807, 2.05) is 18.2 Å². The van der Waals surface area contributed by atoms with E-state index in [4.69, 9.17) is 27.9 Å². The molecule has 3 nitrogen and oxygen atoms in total. The van der Waals surface area contributed by atoms with Gasteiger partial charge in [-0.15, -0.1) is 0 Å². The van der Waals surface area contributed by atoms with Crippen molar-refractivity contribution in [2.75, 3.05) is 11.9 Å². The molecular weight excluding hydrogens is 285 g/mol. The maximum absolute atomic E-state index is 11.7. The van der Waals surface area contributed by atoms with Crippen molar-refractivity contribution in [2.45, 2.75) is 0 Å². The quantitative estimate of drug-likeness (QED) is 0.925. The Bertz CT molecular complexity index is 573. The fraction of sp³-hybridized carbons (Fsp3) is 0.0714. The Labute approximate surface area is 121 Å². The van der Waals surface area contributed by atoms with Crippen LogP contribution in [0, 0.1) is 0 Å². The summed E-state index contributed by atoms with van der Waals surface area (Å²) in [6.07, 6.45) is 0. The number of nitrogens with one attached hydrogen (secondary N) is 1. The normalized spacial score (nSPS) is 10.0. The third-order valence-corrected chi connectivity index (χ3v) is 3.06. The number of carbonyl (C=O) groups is 1. The second kappa shape index (κ2) is 6.45. The van der Waals surface area contributed by atoms with Gasteiger partial charge >= 0.3 is 0 Å². The SMILES string of the molecule is O=C(COc1ccccc1)Nc1ccc(Cl)c(Cl)c1. The number of benzene rings is 2. The summed E-state index contributed by atoms with van der Waals surface area (Å²) in [4.78, 5) is 11.7. The number of hydrogen-bond donors (Lipinski definition) is 1. The van der Waals surface area contributed by atoms with Crippen LogP contribution >= 0.6 is 23.2 Å². The van der Waals surface area contributed by atoms with Crippen LogP contribution in [-0.2, 0) is 4.79 Å². The topological polar surface area (TPSA) is 38.3 Å². The highest BCUT2D eigenvalue weighted by molar-refractivity contribution is 6.42. The zero-order chi connectivity index (χ0) is 13.7. The lowest BCUT2D eigenvalue weighted by atomic mass is 10.3. The molecule has 2 aromatic rings. The fourth-order valence-electron chi connectivity index (χ4n) is 1.44. The van der Waals surface area contributed by atoms with E-state index in [0.717, 1.165) is 0 Å². The molecule has 2 rings (SSSR count). The van der Waals surface area contributed by atoms with Gasteiger partial charge in [-0.3, -0.25) is 4.79 Å². The van der Waals surface area contributed by atoms with Gasteiger partial charge in [0.05, 0.1) is 10.0 Å². The van der Waals surface area contributed by atoms with Crippen LogP contribution in [0.15, 0.2) is 48.5 Å². The van der Waals surface area contributed by atoms with Crippen LogP contribution in [0.4, 0.5) is 5.69 Å². The Hall–Kier alpha value is -1.71. The zero-order valence-corrected chi connectivity index (χ0v) is 11.4. The van der Waals surface area contributed by atoms with Gasteiger partial charge in [0, 0.05) is 5.69 Å². The molecule has 98 valence electrons. The summed E-state index contributed by atoms with van der Waals surface area (Å²) in [5, 5.41) is 3.51. The van der Waals surface area contributed by atoms with Gasteiger partial charge in [-0.05, 0) is 30.3 Å². The summed E-state index contributed by atoms with van der Waals surface area (Å²) >= 11 is 11.6. The van der Waals surface area contributed by atoms with Gasteiger partial charge in [-0.2, -0.15) is 0 Å². The second-order valence-corrected chi connectivity index (χ2v) is 4.59. The van der Waals surface area contributed by atoms with Crippen molar-refractivity contribution in [3.8, 4) is 5.75 Å². The first-order valence-electron chi connectivity index (χ1n) is 5.58. The molecule has 0 aliphatic carbocycles. The first-order valence-corrected chi connectivity index (χ1v) is 6.33. The molecule has 0 saturated heterocycles. The summed E-state index contributed by atoms with van der Waals surface area (Å²) in [5.74, 6) is 0.383. The summed E-state index contributed by atoms with van der Waals surface area (Å²) in [6.45, 7) is -0.0652. The molecule has 0 aromatic heterocycles. The maximum atomic E-state index is 11.7. The maximum Gasteiger partial charge on any atom is 0.262 e. The van der Waals surface area contributed by atoms with Gasteiger partial charge in [0.2, 0.25) is 0 Å². The Balaban J connectivity index is 1.89. The van der Waals surface area contributed by atoms with E-state index in [0.29, 0.717) is 21.5 Å². The minimum absolute atomic E-state index is 0.0652. The minimum Gasteiger partial charge on any atom is -0.484 e. The standard InChI is InChI=1S/C14H11Cl2NO2/c15-12-7-6-10(8-13(12)16)17-14(18)9-19-11-4-2-1-3-5-11/h1-8H,9H2,(H,17,18). The van der Waals surface area contributed by atoms with E-state index >= 15 is 0 Å². The van der Waals surface area contributed by atoms with E-state index in [9.17, 15) is 4.79 Å². The number of ether oxygens (including phenoxy) is 1. The van der Waals surface area contributed by atoms with Crippen LogP contribution in [0.5, 0.6) is 5.75 Å². The molecule has 0 saturated carbocycles. The lowest BCUT2D eigenvalue weighted by Crippen LogP contribution is -2.20. The lowest BCUT2D eigenvalue weighted by Gasteiger charge is -2.08. The van der Waals surface area contributed by atoms with E-state index in [-0.39, 0.29) is 12.5 Å². The Morgan fingerprint density at radius 3 is 2.47 bits per heavy atom. The predicted octanol–water partition coefficient (Wildman–Crippen LogP) is 4.01. The van der Waals surface area contributed by atoms with Crippen molar-refractivity contribution in [1.29, 1.82) is 0 Å². The van der Waals surface area contributed by atoms with Gasteiger partial charge < -0.3 is 10.1 Å². The molecule has 19 heavy (non-hydrogen) atoms. The summed E-state index contributed by atoms with van der Waals surface area (Å²) in [7, 11) is 0. The minimum atomic E-state index is -0.262. The Kier molecular flexibility index (Phi) is 4.66. The van der Waals surface area contributed by atoms with Crippen molar-refractivity contribution in [3.05, 3.63) is 58.6 Å². The molecule has 0 unspecified atom stereocenters. The van der Waals surface area contributed by atoms with Crippen LogP contribution < -0.4 is 10.1 Å². The Morgan fingerprint density at radius 1 is 1.05 bits per heavy atom. The first-order chi connectivity index (χ1) is 9.15. The summed E-state index contributed by atoms with van der Waals surface area (Å²) in [5.41, 5.74) is 0.580. The number of hydrogen-bond acceptors (Lipinski definition) is 2. The van der Waals surface area contributed by atoms with E-state index in [2.05, 4.69) is 5.32 Å². The first kappa shape index (κ1) is 13.7. The number of rotatable bonds is 4. The molecule has 0 radical (unpaired) electrons. The lowest BCUT2D eigenvalue weighted by molar-refractivity contribution is -0.118. The number of para-hydroxylation sites is 1. The molecule has 0 spiro atoms. The molecule has 2 aromatic carbocycles. The molecule has 0 atom stereocenters. The van der Waals surface area contributed by atoms with Gasteiger partial charge in [0.1, 0.15) is 5.75 Å². The van der Waals surface area contributed by atoms with Gasteiger partial charge in [-0.25, -0.2) is 0 Å². The number of carbonyl (C=O) groups excluding carboxylic acids is 1. The molecule has 0 aliphatic rings. The zero-order valence-electron chi connectivity index (χ0n) is 9.90. The highest BCUT2D eigenvalue weighted by atomic mass is 35.5. The molecule has 0 bridgehead atoms. The van der Waals surface area contributed by atoms with Gasteiger partial charge in [-0.1, -0.05) is 41.4 Å². The van der Waals surface area contributed by atoms with E-state index in [1.165, 1.54) is 0 Å². The van der Waals surface area contributed by atoms with Gasteiger partial charge in [0.15, 0.2) is 6.61 Å². The van der Waals surface area contributed by atoms with Gasteiger partial charge in [0.25, 0.3) is 5.91 Å². The van der Waals surface area contributed by atoms with Crippen LogP contribution in [0.1, 0.15) is 0 Å². The molecule has 0 aliphatic heterocycles. The molecule has 0 fully saturated rings. The highest BCUT2D eigenvalue weighted by Gasteiger charge is 2.05. The van der Waals surface area contributed by atoms with Crippen LogP contribution in [0.3, 0.4) is 0 Å². The Morgan fingerprint density at radius 2 is 1.79 bits per heavy atom. The number of halogens is 2. The smallest absolute Gasteiger partial charge is 0.262 e. The highest BCUT2D eigenvalue weighted by Crippen LogP contribution is 2.24. The monoisotopic (exact) mass is 295 g/mol. The average molecular weight is 296 g/mol. The number of amides is 1. The largest absolute Gasteiger partial charge is 0.484 e. The molecule has 1 N–H and O–H groups in total. The predicted molar refractivity (Wildman–Crippen MR) is 77.0 cm³/mol. The summed E-state index contributed by atoms with van der Waals surface area (Å²) in [6, 6.07) is 14.0. The van der Waals surface area contributed by atoms with Crippen molar-refractivity contribution in [2.24, 2.45) is 0 Å². The second-order valence-electron chi connectivity index (χ2n) is 3.78. The average Bonchev–Trinajstić information content (AvgIpc) is 2.42. The van der Waals surface area contributed by atoms with E-state index < -0.39 is 0 Å². The van der Waals surface area contributed by atoms with E-state index in [1.54, 1.807) is 30.3 Å². The third-order valence-electron chi connectivity index (χ3n) is 2.32. The van der Waals surface area contributed by atoms with Crippen molar-refractivity contribution < 1.29 is 9.53 Å². The van der Waals surface area contributed by atoms with Crippen molar-refractivity contribution in [3.63, 3.8) is 0 Å². The number of anilines is 1. The van der Waals surface area contributed by atoms with Crippen LogP contribution in [0.2, 0.25) is 10.0 Å². The molecule has 5 heteroatoms. The molecule has 0 heterocycles. The summed E-state index contributed by atoms with van der Waals surface area (Å²) < 4.78 is 5.32. The molecular formula is C14H11Cl2NO2. The van der Waals surface area contributed by atoms with Crippen LogP contribution in [-0.4, -0.2) is 12.5 Å². The fourth-order valence-corrected chi connectivity index (χ4v) is 1.73. The van der Waals surface area contributed by atoms with Crippen LogP contribution in [0.25, 0.3) is 0 Å².